The van der Waals surface area contributed by atoms with Crippen LogP contribution in [0, 0.1) is 11.3 Å². The van der Waals surface area contributed by atoms with Crippen molar-refractivity contribution in [2.24, 2.45) is 11.3 Å². The molecule has 0 radical (unpaired) electrons. The van der Waals surface area contributed by atoms with Crippen LogP contribution in [0.2, 0.25) is 0 Å². The fourth-order valence-electron chi connectivity index (χ4n) is 4.72. The highest BCUT2D eigenvalue weighted by Crippen LogP contribution is 2.39. The zero-order valence-corrected chi connectivity index (χ0v) is 14.4. The Labute approximate surface area is 131 Å². The minimum Gasteiger partial charge on any atom is -0.313 e. The third-order valence-electron chi connectivity index (χ3n) is 6.10. The third-order valence-corrected chi connectivity index (χ3v) is 6.10. The summed E-state index contributed by atoms with van der Waals surface area (Å²) in [4.78, 5) is 5.47. The Morgan fingerprint density at radius 3 is 2.38 bits per heavy atom. The molecule has 1 saturated heterocycles. The van der Waals surface area contributed by atoms with Gasteiger partial charge in [0.2, 0.25) is 0 Å². The minimum absolute atomic E-state index is 0.467. The van der Waals surface area contributed by atoms with Crippen molar-refractivity contribution < 1.29 is 0 Å². The highest BCUT2D eigenvalue weighted by atomic mass is 15.3. The molecule has 3 nitrogen and oxygen atoms in total. The number of piperazine rings is 1. The predicted molar refractivity (Wildman–Crippen MR) is 89.6 cm³/mol. The van der Waals surface area contributed by atoms with Crippen molar-refractivity contribution in [3.05, 3.63) is 0 Å². The molecule has 3 fully saturated rings. The molecule has 1 aliphatic heterocycles. The van der Waals surface area contributed by atoms with Crippen LogP contribution in [0.5, 0.6) is 0 Å². The Morgan fingerprint density at radius 1 is 1.05 bits per heavy atom. The van der Waals surface area contributed by atoms with Crippen molar-refractivity contribution in [1.82, 2.24) is 15.1 Å². The van der Waals surface area contributed by atoms with Crippen molar-refractivity contribution in [2.75, 3.05) is 39.3 Å². The summed E-state index contributed by atoms with van der Waals surface area (Å²) >= 11 is 0. The number of hydrogen-bond donors (Lipinski definition) is 1. The van der Waals surface area contributed by atoms with Gasteiger partial charge in [-0.25, -0.2) is 0 Å². The van der Waals surface area contributed by atoms with E-state index in [4.69, 9.17) is 0 Å². The molecule has 3 rings (SSSR count). The molecule has 0 amide bonds. The smallest absolute Gasteiger partial charge is 0.0159 e. The summed E-state index contributed by atoms with van der Waals surface area (Å²) in [7, 11) is 0. The first-order valence-corrected chi connectivity index (χ1v) is 9.30. The molecule has 0 spiro atoms. The van der Waals surface area contributed by atoms with E-state index in [1.807, 2.05) is 0 Å². The molecule has 3 heteroatoms. The van der Waals surface area contributed by atoms with Gasteiger partial charge in [0.1, 0.15) is 0 Å². The average Bonchev–Trinajstić information content (AvgIpc) is 3.28. The Morgan fingerprint density at radius 2 is 1.76 bits per heavy atom. The summed E-state index contributed by atoms with van der Waals surface area (Å²) in [5.41, 5.74) is 0.467. The van der Waals surface area contributed by atoms with E-state index < -0.39 is 0 Å². The van der Waals surface area contributed by atoms with Crippen molar-refractivity contribution >= 4 is 0 Å². The Bertz CT molecular complexity index is 329. The fraction of sp³-hybridized carbons (Fsp3) is 1.00. The SMILES string of the molecule is CCNC1C(CN2CCN(C3CC3)CC2)CCCC1(C)C. The van der Waals surface area contributed by atoms with Gasteiger partial charge in [-0.15, -0.1) is 0 Å². The van der Waals surface area contributed by atoms with E-state index >= 15 is 0 Å². The van der Waals surface area contributed by atoms with Crippen LogP contribution in [0.3, 0.4) is 0 Å². The maximum atomic E-state index is 3.81. The molecule has 0 aromatic rings. The number of hydrogen-bond acceptors (Lipinski definition) is 3. The van der Waals surface area contributed by atoms with Crippen LogP contribution in [0.15, 0.2) is 0 Å². The van der Waals surface area contributed by atoms with Crippen molar-refractivity contribution in [1.29, 1.82) is 0 Å². The normalized spacial score (nSPS) is 35.0. The predicted octanol–water partition coefficient (Wildman–Crippen LogP) is 2.57. The first-order chi connectivity index (χ1) is 10.1. The van der Waals surface area contributed by atoms with Gasteiger partial charge < -0.3 is 10.2 Å². The summed E-state index contributed by atoms with van der Waals surface area (Å²) in [5.74, 6) is 0.848. The van der Waals surface area contributed by atoms with Gasteiger partial charge in [0.05, 0.1) is 0 Å². The molecule has 1 heterocycles. The molecule has 122 valence electrons. The van der Waals surface area contributed by atoms with Crippen LogP contribution in [0.1, 0.15) is 52.9 Å². The summed E-state index contributed by atoms with van der Waals surface area (Å²) in [5, 5.41) is 3.81. The molecule has 3 aliphatic rings. The number of nitrogens with zero attached hydrogens (tertiary/aromatic N) is 2. The number of nitrogens with one attached hydrogen (secondary N) is 1. The Balaban J connectivity index is 1.52. The van der Waals surface area contributed by atoms with Crippen molar-refractivity contribution in [3.8, 4) is 0 Å². The van der Waals surface area contributed by atoms with Crippen LogP contribution in [-0.2, 0) is 0 Å². The number of rotatable bonds is 5. The van der Waals surface area contributed by atoms with Crippen LogP contribution < -0.4 is 5.32 Å². The summed E-state index contributed by atoms with van der Waals surface area (Å²) in [6, 6.07) is 1.66. The van der Waals surface area contributed by atoms with E-state index in [0.29, 0.717) is 11.5 Å². The van der Waals surface area contributed by atoms with E-state index in [1.54, 1.807) is 0 Å². The van der Waals surface area contributed by atoms with E-state index in [9.17, 15) is 0 Å². The lowest BCUT2D eigenvalue weighted by Gasteiger charge is -2.47. The first kappa shape index (κ1) is 15.8. The molecule has 2 saturated carbocycles. The van der Waals surface area contributed by atoms with Gasteiger partial charge in [0.15, 0.2) is 0 Å². The van der Waals surface area contributed by atoms with Gasteiger partial charge >= 0.3 is 0 Å². The summed E-state index contributed by atoms with van der Waals surface area (Å²) in [6.45, 7) is 14.8. The van der Waals surface area contributed by atoms with E-state index in [1.165, 1.54) is 64.8 Å². The zero-order chi connectivity index (χ0) is 14.9. The first-order valence-electron chi connectivity index (χ1n) is 9.30. The molecule has 0 bridgehead atoms. The topological polar surface area (TPSA) is 18.5 Å². The highest BCUT2D eigenvalue weighted by Gasteiger charge is 2.39. The van der Waals surface area contributed by atoms with Crippen LogP contribution in [-0.4, -0.2) is 61.2 Å². The molecule has 2 atom stereocenters. The second-order valence-electron chi connectivity index (χ2n) is 8.24. The standard InChI is InChI=1S/C18H35N3/c1-4-19-17-15(6-5-9-18(17,2)3)14-20-10-12-21(13-11-20)16-7-8-16/h15-17,19H,4-14H2,1-3H3. The van der Waals surface area contributed by atoms with Crippen LogP contribution in [0.25, 0.3) is 0 Å². The maximum Gasteiger partial charge on any atom is 0.0159 e. The fourth-order valence-corrected chi connectivity index (χ4v) is 4.72. The van der Waals surface area contributed by atoms with E-state index in [-0.39, 0.29) is 0 Å². The Hall–Kier alpha value is -0.120. The monoisotopic (exact) mass is 293 g/mol. The van der Waals surface area contributed by atoms with Crippen molar-refractivity contribution in [2.45, 2.75) is 65.0 Å². The minimum atomic E-state index is 0.467. The van der Waals surface area contributed by atoms with Gasteiger partial charge in [-0.05, 0) is 43.6 Å². The molecule has 2 aliphatic carbocycles. The quantitative estimate of drug-likeness (QED) is 0.840. The molecule has 0 aromatic heterocycles. The third kappa shape index (κ3) is 3.80. The highest BCUT2D eigenvalue weighted by molar-refractivity contribution is 4.95. The summed E-state index contributed by atoms with van der Waals surface area (Å²) in [6.07, 6.45) is 7.14. The largest absolute Gasteiger partial charge is 0.313 e. The van der Waals surface area contributed by atoms with Crippen LogP contribution in [0.4, 0.5) is 0 Å². The van der Waals surface area contributed by atoms with Gasteiger partial charge in [-0.1, -0.05) is 27.2 Å². The molecule has 2 unspecified atom stereocenters. The molecule has 0 aromatic carbocycles. The molecular weight excluding hydrogens is 258 g/mol. The average molecular weight is 293 g/mol. The second kappa shape index (κ2) is 6.55. The second-order valence-corrected chi connectivity index (χ2v) is 8.24. The van der Waals surface area contributed by atoms with E-state index in [2.05, 4.69) is 35.9 Å². The lowest BCUT2D eigenvalue weighted by Crippen LogP contribution is -2.55. The zero-order valence-electron chi connectivity index (χ0n) is 14.4. The molecular formula is C18H35N3. The van der Waals surface area contributed by atoms with Crippen molar-refractivity contribution in [3.63, 3.8) is 0 Å². The summed E-state index contributed by atoms with van der Waals surface area (Å²) < 4.78 is 0. The maximum absolute atomic E-state index is 3.81. The van der Waals surface area contributed by atoms with E-state index in [0.717, 1.165) is 18.5 Å². The van der Waals surface area contributed by atoms with Gasteiger partial charge in [-0.2, -0.15) is 0 Å². The van der Waals surface area contributed by atoms with Gasteiger partial charge in [0.25, 0.3) is 0 Å². The lowest BCUT2D eigenvalue weighted by atomic mass is 9.67. The lowest BCUT2D eigenvalue weighted by molar-refractivity contribution is 0.0564. The van der Waals surface area contributed by atoms with Gasteiger partial charge in [-0.3, -0.25) is 4.90 Å². The Kier molecular flexibility index (Phi) is 4.92. The van der Waals surface area contributed by atoms with Gasteiger partial charge in [0, 0.05) is 44.8 Å². The molecule has 21 heavy (non-hydrogen) atoms. The molecule has 1 N–H and O–H groups in total. The van der Waals surface area contributed by atoms with Crippen LogP contribution >= 0.6 is 0 Å².